The first-order valence-corrected chi connectivity index (χ1v) is 7.88. The van der Waals surface area contributed by atoms with Crippen molar-refractivity contribution in [2.75, 3.05) is 20.3 Å². The molecule has 0 radical (unpaired) electrons. The number of pyridine rings is 1. The maximum Gasteiger partial charge on any atom is 0.341 e. The molecule has 2 heterocycles. The Hall–Kier alpha value is -3.04. The van der Waals surface area contributed by atoms with Crippen LogP contribution in [0.2, 0.25) is 0 Å². The summed E-state index contributed by atoms with van der Waals surface area (Å²) in [5.41, 5.74) is 2.08. The number of hydrogen-bond donors (Lipinski definition) is 0. The Labute approximate surface area is 145 Å². The maximum atomic E-state index is 12.7. The normalized spacial score (nSPS) is 12.0. The van der Waals surface area contributed by atoms with E-state index in [2.05, 4.69) is 0 Å². The SMILES string of the molecule is COCC(C)OC(=O)c1c2ccc(OCC#N)cc2n2ccccc12. The number of carbonyl (C=O) groups excluding carboxylic acids is 1. The molecule has 0 amide bonds. The van der Waals surface area contributed by atoms with E-state index in [0.29, 0.717) is 17.9 Å². The van der Waals surface area contributed by atoms with Crippen LogP contribution in [0.15, 0.2) is 42.6 Å². The molecule has 6 heteroatoms. The molecule has 2 aromatic heterocycles. The molecular formula is C19H18N2O4. The molecule has 3 aromatic rings. The van der Waals surface area contributed by atoms with E-state index in [-0.39, 0.29) is 12.7 Å². The van der Waals surface area contributed by atoms with Crippen molar-refractivity contribution in [3.8, 4) is 11.8 Å². The molecule has 1 unspecified atom stereocenters. The Kier molecular flexibility index (Phi) is 4.87. The van der Waals surface area contributed by atoms with Gasteiger partial charge in [0, 0.05) is 24.8 Å². The fourth-order valence-corrected chi connectivity index (χ4v) is 2.85. The zero-order valence-electron chi connectivity index (χ0n) is 14.1. The third-order valence-corrected chi connectivity index (χ3v) is 3.83. The summed E-state index contributed by atoms with van der Waals surface area (Å²) in [5.74, 6) is 0.180. The lowest BCUT2D eigenvalue weighted by Gasteiger charge is -2.12. The van der Waals surface area contributed by atoms with Crippen LogP contribution < -0.4 is 4.74 Å². The minimum absolute atomic E-state index is 0.0295. The zero-order valence-corrected chi connectivity index (χ0v) is 14.1. The van der Waals surface area contributed by atoms with E-state index in [1.807, 2.05) is 47.0 Å². The van der Waals surface area contributed by atoms with Gasteiger partial charge in [-0.2, -0.15) is 5.26 Å². The van der Waals surface area contributed by atoms with Gasteiger partial charge in [0.2, 0.25) is 0 Å². The topological polar surface area (TPSA) is 73.0 Å². The molecule has 128 valence electrons. The molecular weight excluding hydrogens is 320 g/mol. The van der Waals surface area contributed by atoms with Gasteiger partial charge in [-0.05, 0) is 31.2 Å². The molecule has 1 atom stereocenters. The quantitative estimate of drug-likeness (QED) is 0.645. The molecule has 0 saturated heterocycles. The van der Waals surface area contributed by atoms with Gasteiger partial charge in [0.25, 0.3) is 0 Å². The molecule has 0 N–H and O–H groups in total. The Bertz CT molecular complexity index is 955. The molecule has 0 aliphatic rings. The van der Waals surface area contributed by atoms with Gasteiger partial charge >= 0.3 is 5.97 Å². The number of benzene rings is 1. The molecule has 0 bridgehead atoms. The highest BCUT2D eigenvalue weighted by Crippen LogP contribution is 2.30. The van der Waals surface area contributed by atoms with Crippen LogP contribution >= 0.6 is 0 Å². The van der Waals surface area contributed by atoms with Crippen molar-refractivity contribution in [1.82, 2.24) is 4.40 Å². The second-order valence-electron chi connectivity index (χ2n) is 5.63. The van der Waals surface area contributed by atoms with Gasteiger partial charge < -0.3 is 18.6 Å². The van der Waals surface area contributed by atoms with Crippen LogP contribution in [0.5, 0.6) is 5.75 Å². The second-order valence-corrected chi connectivity index (χ2v) is 5.63. The number of fused-ring (bicyclic) bond motifs is 3. The number of rotatable bonds is 6. The summed E-state index contributed by atoms with van der Waals surface area (Å²) in [6.45, 7) is 2.09. The second kappa shape index (κ2) is 7.24. The highest BCUT2D eigenvalue weighted by Gasteiger charge is 2.21. The number of aromatic nitrogens is 1. The monoisotopic (exact) mass is 338 g/mol. The van der Waals surface area contributed by atoms with Crippen molar-refractivity contribution in [2.45, 2.75) is 13.0 Å². The molecule has 0 aliphatic heterocycles. The van der Waals surface area contributed by atoms with Crippen LogP contribution in [0.4, 0.5) is 0 Å². The number of nitrogens with zero attached hydrogens (tertiary/aromatic N) is 2. The van der Waals surface area contributed by atoms with Gasteiger partial charge in [-0.25, -0.2) is 4.79 Å². The predicted octanol–water partition coefficient (Wildman–Crippen LogP) is 3.19. The first-order valence-electron chi connectivity index (χ1n) is 7.88. The summed E-state index contributed by atoms with van der Waals surface area (Å²) < 4.78 is 17.8. The number of esters is 1. The van der Waals surface area contributed by atoms with Crippen molar-refractivity contribution >= 4 is 22.4 Å². The van der Waals surface area contributed by atoms with Crippen LogP contribution in [-0.4, -0.2) is 36.8 Å². The van der Waals surface area contributed by atoms with Crippen molar-refractivity contribution < 1.29 is 19.0 Å². The van der Waals surface area contributed by atoms with Crippen molar-refractivity contribution in [1.29, 1.82) is 5.26 Å². The van der Waals surface area contributed by atoms with E-state index in [4.69, 9.17) is 19.5 Å². The minimum atomic E-state index is -0.394. The van der Waals surface area contributed by atoms with Crippen LogP contribution in [0.3, 0.4) is 0 Å². The van der Waals surface area contributed by atoms with Crippen molar-refractivity contribution in [2.24, 2.45) is 0 Å². The Morgan fingerprint density at radius 3 is 2.88 bits per heavy atom. The lowest BCUT2D eigenvalue weighted by molar-refractivity contribution is 0.0124. The highest BCUT2D eigenvalue weighted by molar-refractivity contribution is 6.12. The van der Waals surface area contributed by atoms with E-state index < -0.39 is 5.97 Å². The summed E-state index contributed by atoms with van der Waals surface area (Å²) in [6, 6.07) is 12.9. The summed E-state index contributed by atoms with van der Waals surface area (Å²) in [4.78, 5) is 12.7. The Morgan fingerprint density at radius 1 is 1.28 bits per heavy atom. The van der Waals surface area contributed by atoms with Crippen LogP contribution in [0, 0.1) is 11.3 Å². The number of carbonyl (C=O) groups is 1. The summed E-state index contributed by atoms with van der Waals surface area (Å²) in [5, 5.41) is 9.43. The van der Waals surface area contributed by atoms with E-state index in [1.165, 1.54) is 0 Å². The smallest absolute Gasteiger partial charge is 0.341 e. The van der Waals surface area contributed by atoms with E-state index in [1.54, 1.807) is 20.1 Å². The maximum absolute atomic E-state index is 12.7. The average molecular weight is 338 g/mol. The molecule has 0 spiro atoms. The summed E-state index contributed by atoms with van der Waals surface area (Å²) in [7, 11) is 1.57. The third kappa shape index (κ3) is 3.28. The number of nitriles is 1. The van der Waals surface area contributed by atoms with Crippen molar-refractivity contribution in [3.05, 3.63) is 48.2 Å². The summed E-state index contributed by atoms with van der Waals surface area (Å²) in [6.07, 6.45) is 1.53. The predicted molar refractivity (Wildman–Crippen MR) is 92.8 cm³/mol. The number of methoxy groups -OCH3 is 1. The van der Waals surface area contributed by atoms with Gasteiger partial charge in [-0.3, -0.25) is 0 Å². The van der Waals surface area contributed by atoms with Gasteiger partial charge in [-0.1, -0.05) is 6.07 Å². The molecule has 25 heavy (non-hydrogen) atoms. The molecule has 0 aliphatic carbocycles. The van der Waals surface area contributed by atoms with Crippen LogP contribution in [0.25, 0.3) is 16.4 Å². The molecule has 3 rings (SSSR count). The summed E-state index contributed by atoms with van der Waals surface area (Å²) >= 11 is 0. The van der Waals surface area contributed by atoms with Gasteiger partial charge in [-0.15, -0.1) is 0 Å². The van der Waals surface area contributed by atoms with Crippen molar-refractivity contribution in [3.63, 3.8) is 0 Å². The van der Waals surface area contributed by atoms with E-state index >= 15 is 0 Å². The van der Waals surface area contributed by atoms with E-state index in [9.17, 15) is 4.79 Å². The molecule has 0 fully saturated rings. The molecule has 0 saturated carbocycles. The van der Waals surface area contributed by atoms with Gasteiger partial charge in [0.05, 0.1) is 23.2 Å². The van der Waals surface area contributed by atoms with Crippen LogP contribution in [0.1, 0.15) is 17.3 Å². The minimum Gasteiger partial charge on any atom is -0.479 e. The third-order valence-electron chi connectivity index (χ3n) is 3.83. The van der Waals surface area contributed by atoms with Gasteiger partial charge in [0.1, 0.15) is 17.9 Å². The first-order chi connectivity index (χ1) is 12.2. The number of hydrogen-bond acceptors (Lipinski definition) is 5. The number of ether oxygens (including phenoxy) is 3. The highest BCUT2D eigenvalue weighted by atomic mass is 16.6. The van der Waals surface area contributed by atoms with Crippen LogP contribution in [-0.2, 0) is 9.47 Å². The molecule has 1 aromatic carbocycles. The lowest BCUT2D eigenvalue weighted by atomic mass is 10.1. The largest absolute Gasteiger partial charge is 0.479 e. The standard InChI is InChI=1S/C19H18N2O4/c1-13(12-23-2)25-19(22)18-15-7-6-14(24-10-8-20)11-17(15)21-9-4-3-5-16(18)21/h3-7,9,11,13H,10,12H2,1-2H3. The lowest BCUT2D eigenvalue weighted by Crippen LogP contribution is -2.19. The van der Waals surface area contributed by atoms with E-state index in [0.717, 1.165) is 16.4 Å². The first kappa shape index (κ1) is 16.8. The fourth-order valence-electron chi connectivity index (χ4n) is 2.85. The Balaban J connectivity index is 2.10. The Morgan fingerprint density at radius 2 is 2.12 bits per heavy atom. The van der Waals surface area contributed by atoms with Gasteiger partial charge in [0.15, 0.2) is 6.61 Å². The molecule has 6 nitrogen and oxygen atoms in total. The average Bonchev–Trinajstić information content (AvgIpc) is 2.94. The fraction of sp³-hybridized carbons (Fsp3) is 0.263. The zero-order chi connectivity index (χ0) is 17.8.